The van der Waals surface area contributed by atoms with Crippen molar-refractivity contribution in [2.75, 3.05) is 39.4 Å². The van der Waals surface area contributed by atoms with Crippen LogP contribution in [0.25, 0.3) is 10.9 Å². The molecule has 174 valence electrons. The minimum Gasteiger partial charge on any atom is -0.379 e. The van der Waals surface area contributed by atoms with Gasteiger partial charge in [0.2, 0.25) is 0 Å². The molecule has 2 aliphatic rings. The summed E-state index contributed by atoms with van der Waals surface area (Å²) in [6, 6.07) is 6.67. The molecule has 0 amide bonds. The Morgan fingerprint density at radius 2 is 1.91 bits per heavy atom. The molecule has 0 atom stereocenters. The predicted octanol–water partition coefficient (Wildman–Crippen LogP) is 3.49. The molecule has 2 aromatic rings. The van der Waals surface area contributed by atoms with Crippen molar-refractivity contribution in [3.05, 3.63) is 45.2 Å². The average Bonchev–Trinajstić information content (AvgIpc) is 3.32. The monoisotopic (exact) mass is 456 g/mol. The zero-order valence-corrected chi connectivity index (χ0v) is 20.2. The van der Waals surface area contributed by atoms with Gasteiger partial charge in [-0.05, 0) is 86.6 Å². The van der Waals surface area contributed by atoms with Crippen molar-refractivity contribution < 1.29 is 4.74 Å². The van der Waals surface area contributed by atoms with Crippen molar-refractivity contribution in [3.8, 4) is 0 Å². The summed E-state index contributed by atoms with van der Waals surface area (Å²) >= 11 is 5.83. The van der Waals surface area contributed by atoms with Crippen LogP contribution in [0, 0.1) is 13.8 Å². The smallest absolute Gasteiger partial charge is 0.253 e. The van der Waals surface area contributed by atoms with Gasteiger partial charge in [0.05, 0.1) is 19.8 Å². The summed E-state index contributed by atoms with van der Waals surface area (Å²) in [6.45, 7) is 10.4. The van der Waals surface area contributed by atoms with Gasteiger partial charge in [0.25, 0.3) is 5.56 Å². The molecule has 0 radical (unpaired) electrons. The number of hydrogen-bond donors (Lipinski definition) is 2. The summed E-state index contributed by atoms with van der Waals surface area (Å²) in [5, 5.41) is 5.34. The van der Waals surface area contributed by atoms with Crippen LogP contribution in [0.2, 0.25) is 0 Å². The van der Waals surface area contributed by atoms with Gasteiger partial charge in [-0.3, -0.25) is 9.69 Å². The summed E-state index contributed by atoms with van der Waals surface area (Å²) in [5.41, 5.74) is 4.10. The second kappa shape index (κ2) is 10.8. The minimum atomic E-state index is -0.0149. The highest BCUT2D eigenvalue weighted by molar-refractivity contribution is 7.80. The lowest BCUT2D eigenvalue weighted by Gasteiger charge is -2.32. The average molecular weight is 457 g/mol. The Balaban J connectivity index is 1.43. The molecule has 32 heavy (non-hydrogen) atoms. The molecule has 0 bridgehead atoms. The van der Waals surface area contributed by atoms with Crippen LogP contribution in [0.1, 0.15) is 48.8 Å². The Morgan fingerprint density at radius 3 is 2.66 bits per heavy atom. The molecule has 2 fully saturated rings. The van der Waals surface area contributed by atoms with E-state index in [-0.39, 0.29) is 5.56 Å². The van der Waals surface area contributed by atoms with Crippen molar-refractivity contribution in [1.82, 2.24) is 20.1 Å². The first kappa shape index (κ1) is 23.2. The molecule has 1 aromatic heterocycles. The standard InChI is InChI=1S/C25H36N4O2S/c1-18-14-20-16-21(24(30)27-23(20)15-19(18)2)17-29(22-6-3-4-7-22)25(32)26-8-5-9-28-10-12-31-13-11-28/h14-16,22H,3-13,17H2,1-2H3,(H,26,32)(H,27,30). The number of aryl methyl sites for hydroxylation is 2. The first-order valence-corrected chi connectivity index (χ1v) is 12.4. The van der Waals surface area contributed by atoms with Crippen LogP contribution in [-0.4, -0.2) is 65.3 Å². The second-order valence-electron chi connectivity index (χ2n) is 9.25. The van der Waals surface area contributed by atoms with E-state index in [1.807, 2.05) is 6.07 Å². The molecule has 1 aliphatic carbocycles. The van der Waals surface area contributed by atoms with Gasteiger partial charge in [-0.1, -0.05) is 12.8 Å². The SMILES string of the molecule is Cc1cc2cc(CN(C(=S)NCCCN3CCOCC3)C3CCCC3)c(=O)[nH]c2cc1C. The van der Waals surface area contributed by atoms with Gasteiger partial charge in [-0.15, -0.1) is 0 Å². The maximum absolute atomic E-state index is 12.9. The number of benzene rings is 1. The fourth-order valence-corrected chi connectivity index (χ4v) is 5.15. The molecule has 6 nitrogen and oxygen atoms in total. The number of thiocarbonyl (C=S) groups is 1. The van der Waals surface area contributed by atoms with E-state index in [0.29, 0.717) is 12.6 Å². The van der Waals surface area contributed by atoms with Gasteiger partial charge in [0.1, 0.15) is 0 Å². The highest BCUT2D eigenvalue weighted by Crippen LogP contribution is 2.25. The Kier molecular flexibility index (Phi) is 7.81. The number of aromatic nitrogens is 1. The number of pyridine rings is 1. The number of rotatable bonds is 7. The molecular weight excluding hydrogens is 420 g/mol. The van der Waals surface area contributed by atoms with Gasteiger partial charge in [-0.2, -0.15) is 0 Å². The molecule has 0 spiro atoms. The van der Waals surface area contributed by atoms with E-state index >= 15 is 0 Å². The summed E-state index contributed by atoms with van der Waals surface area (Å²) in [7, 11) is 0. The number of ether oxygens (including phenoxy) is 1. The van der Waals surface area contributed by atoms with E-state index in [1.165, 1.54) is 24.0 Å². The first-order valence-electron chi connectivity index (χ1n) is 12.0. The Bertz CT molecular complexity index is 993. The van der Waals surface area contributed by atoms with E-state index < -0.39 is 0 Å². The van der Waals surface area contributed by atoms with E-state index in [0.717, 1.165) is 80.2 Å². The third kappa shape index (κ3) is 5.69. The summed E-state index contributed by atoms with van der Waals surface area (Å²) in [6.07, 6.45) is 5.79. The lowest BCUT2D eigenvalue weighted by molar-refractivity contribution is 0.0375. The maximum Gasteiger partial charge on any atom is 0.253 e. The van der Waals surface area contributed by atoms with Crippen LogP contribution in [0.5, 0.6) is 0 Å². The van der Waals surface area contributed by atoms with Gasteiger partial charge in [0.15, 0.2) is 5.11 Å². The van der Waals surface area contributed by atoms with E-state index in [4.69, 9.17) is 17.0 Å². The third-order valence-electron chi connectivity index (χ3n) is 6.93. The van der Waals surface area contributed by atoms with E-state index in [1.54, 1.807) is 0 Å². The maximum atomic E-state index is 12.9. The van der Waals surface area contributed by atoms with E-state index in [9.17, 15) is 4.79 Å². The van der Waals surface area contributed by atoms with Crippen molar-refractivity contribution in [2.45, 2.75) is 58.5 Å². The molecular formula is C25H36N4O2S. The van der Waals surface area contributed by atoms with Gasteiger partial charge in [-0.25, -0.2) is 0 Å². The van der Waals surface area contributed by atoms with Crippen LogP contribution in [0.3, 0.4) is 0 Å². The summed E-state index contributed by atoms with van der Waals surface area (Å²) < 4.78 is 5.43. The molecule has 1 aromatic carbocycles. The largest absolute Gasteiger partial charge is 0.379 e. The number of morpholine rings is 1. The number of H-pyrrole nitrogens is 1. The molecule has 4 rings (SSSR count). The molecule has 0 unspecified atom stereocenters. The number of aromatic amines is 1. The minimum absolute atomic E-state index is 0.0149. The van der Waals surface area contributed by atoms with Crippen molar-refractivity contribution in [2.24, 2.45) is 0 Å². The predicted molar refractivity (Wildman–Crippen MR) is 134 cm³/mol. The summed E-state index contributed by atoms with van der Waals surface area (Å²) in [4.78, 5) is 20.7. The molecule has 7 heteroatoms. The Morgan fingerprint density at radius 1 is 1.19 bits per heavy atom. The van der Waals surface area contributed by atoms with Crippen LogP contribution in [-0.2, 0) is 11.3 Å². The van der Waals surface area contributed by atoms with Crippen molar-refractivity contribution in [3.63, 3.8) is 0 Å². The molecule has 1 aliphatic heterocycles. The van der Waals surface area contributed by atoms with Crippen molar-refractivity contribution >= 4 is 28.2 Å². The first-order chi connectivity index (χ1) is 15.5. The van der Waals surface area contributed by atoms with Gasteiger partial charge < -0.3 is 19.9 Å². The Hall–Kier alpha value is -1.96. The second-order valence-corrected chi connectivity index (χ2v) is 9.64. The van der Waals surface area contributed by atoms with Crippen LogP contribution >= 0.6 is 12.2 Å². The Labute approximate surface area is 196 Å². The van der Waals surface area contributed by atoms with Crippen LogP contribution in [0.15, 0.2) is 23.0 Å². The van der Waals surface area contributed by atoms with Gasteiger partial charge in [0, 0.05) is 36.8 Å². The number of nitrogens with zero attached hydrogens (tertiary/aromatic N) is 2. The zero-order valence-electron chi connectivity index (χ0n) is 19.4. The van der Waals surface area contributed by atoms with E-state index in [2.05, 4.69) is 46.1 Å². The highest BCUT2D eigenvalue weighted by Gasteiger charge is 2.25. The number of hydrogen-bond acceptors (Lipinski definition) is 4. The lowest BCUT2D eigenvalue weighted by Crippen LogP contribution is -2.46. The lowest BCUT2D eigenvalue weighted by atomic mass is 10.0. The van der Waals surface area contributed by atoms with Crippen molar-refractivity contribution in [1.29, 1.82) is 0 Å². The zero-order chi connectivity index (χ0) is 22.5. The highest BCUT2D eigenvalue weighted by atomic mass is 32.1. The molecule has 1 saturated carbocycles. The number of fused-ring (bicyclic) bond motifs is 1. The topological polar surface area (TPSA) is 60.6 Å². The quantitative estimate of drug-likeness (QED) is 0.491. The number of nitrogens with one attached hydrogen (secondary N) is 2. The molecule has 1 saturated heterocycles. The van der Waals surface area contributed by atoms with Gasteiger partial charge >= 0.3 is 0 Å². The van der Waals surface area contributed by atoms with Crippen LogP contribution < -0.4 is 10.9 Å². The summed E-state index contributed by atoms with van der Waals surface area (Å²) in [5.74, 6) is 0. The van der Waals surface area contributed by atoms with Crippen LogP contribution in [0.4, 0.5) is 0 Å². The fraction of sp³-hybridized carbons (Fsp3) is 0.600. The fourth-order valence-electron chi connectivity index (χ4n) is 4.83. The normalized spacial score (nSPS) is 17.7. The molecule has 2 N–H and O–H groups in total. The third-order valence-corrected chi connectivity index (χ3v) is 7.31. The molecule has 2 heterocycles.